The van der Waals surface area contributed by atoms with E-state index in [2.05, 4.69) is 10.6 Å². The number of carbonyl (C=O) groups is 1. The zero-order chi connectivity index (χ0) is 16.8. The lowest BCUT2D eigenvalue weighted by molar-refractivity contribution is -0.121. The normalized spacial score (nSPS) is 13.4. The smallest absolute Gasteiger partial charge is 0.234 e. The standard InChI is InChI=1S/C18H20F2N2O/c1-12(14-6-4-3-5-7-14)22-18(23)11-21-13(2)16-9-8-15(19)10-17(16)20/h3-10,12-13,21H,11H2,1-2H3,(H,22,23)/t12-,13-/m1/s1. The molecule has 2 rings (SSSR count). The van der Waals surface area contributed by atoms with Crippen molar-refractivity contribution in [1.82, 2.24) is 10.6 Å². The Balaban J connectivity index is 1.86. The first-order valence-corrected chi connectivity index (χ1v) is 7.50. The van der Waals surface area contributed by atoms with Gasteiger partial charge in [-0.05, 0) is 25.5 Å². The van der Waals surface area contributed by atoms with Crippen LogP contribution in [0, 0.1) is 11.6 Å². The van der Waals surface area contributed by atoms with Crippen LogP contribution < -0.4 is 10.6 Å². The number of halogens is 2. The van der Waals surface area contributed by atoms with Gasteiger partial charge in [0.15, 0.2) is 0 Å². The first-order valence-electron chi connectivity index (χ1n) is 7.50. The van der Waals surface area contributed by atoms with Gasteiger partial charge in [-0.2, -0.15) is 0 Å². The predicted octanol–water partition coefficient (Wildman–Crippen LogP) is 3.49. The third-order valence-electron chi connectivity index (χ3n) is 3.67. The van der Waals surface area contributed by atoms with Crippen LogP contribution in [0.5, 0.6) is 0 Å². The summed E-state index contributed by atoms with van der Waals surface area (Å²) in [6.45, 7) is 3.68. The third kappa shape index (κ3) is 4.86. The average Bonchev–Trinajstić information content (AvgIpc) is 2.53. The highest BCUT2D eigenvalue weighted by molar-refractivity contribution is 5.78. The Kier molecular flexibility index (Phi) is 5.82. The molecule has 5 heteroatoms. The van der Waals surface area contributed by atoms with Crippen LogP contribution in [-0.4, -0.2) is 12.5 Å². The molecule has 0 aliphatic carbocycles. The average molecular weight is 318 g/mol. The summed E-state index contributed by atoms with van der Waals surface area (Å²) in [6.07, 6.45) is 0. The molecule has 0 heterocycles. The lowest BCUT2D eigenvalue weighted by Crippen LogP contribution is -2.36. The molecule has 2 atom stereocenters. The van der Waals surface area contributed by atoms with Gasteiger partial charge in [-0.25, -0.2) is 8.78 Å². The Bertz CT molecular complexity index is 661. The summed E-state index contributed by atoms with van der Waals surface area (Å²) < 4.78 is 26.6. The van der Waals surface area contributed by atoms with Gasteiger partial charge >= 0.3 is 0 Å². The maximum Gasteiger partial charge on any atom is 0.234 e. The highest BCUT2D eigenvalue weighted by Crippen LogP contribution is 2.17. The van der Waals surface area contributed by atoms with Crippen molar-refractivity contribution in [2.45, 2.75) is 25.9 Å². The van der Waals surface area contributed by atoms with Crippen LogP contribution in [0.2, 0.25) is 0 Å². The largest absolute Gasteiger partial charge is 0.348 e. The van der Waals surface area contributed by atoms with E-state index in [0.717, 1.165) is 11.6 Å². The van der Waals surface area contributed by atoms with Crippen LogP contribution in [0.15, 0.2) is 48.5 Å². The van der Waals surface area contributed by atoms with Gasteiger partial charge in [-0.3, -0.25) is 4.79 Å². The lowest BCUT2D eigenvalue weighted by atomic mass is 10.1. The minimum atomic E-state index is -0.622. The minimum Gasteiger partial charge on any atom is -0.348 e. The van der Waals surface area contributed by atoms with E-state index in [-0.39, 0.29) is 18.5 Å². The highest BCUT2D eigenvalue weighted by atomic mass is 19.1. The van der Waals surface area contributed by atoms with Gasteiger partial charge < -0.3 is 10.6 Å². The van der Waals surface area contributed by atoms with Crippen molar-refractivity contribution in [1.29, 1.82) is 0 Å². The Morgan fingerprint density at radius 1 is 1.04 bits per heavy atom. The molecule has 0 aliphatic rings. The van der Waals surface area contributed by atoms with Gasteiger partial charge in [0.05, 0.1) is 12.6 Å². The summed E-state index contributed by atoms with van der Waals surface area (Å²) in [4.78, 5) is 12.0. The van der Waals surface area contributed by atoms with Gasteiger partial charge in [0.25, 0.3) is 0 Å². The van der Waals surface area contributed by atoms with E-state index >= 15 is 0 Å². The molecule has 0 saturated carbocycles. The van der Waals surface area contributed by atoms with E-state index in [1.807, 2.05) is 37.3 Å². The fourth-order valence-corrected chi connectivity index (χ4v) is 2.33. The maximum atomic E-state index is 13.7. The fourth-order valence-electron chi connectivity index (χ4n) is 2.33. The molecule has 122 valence electrons. The monoisotopic (exact) mass is 318 g/mol. The molecular formula is C18H20F2N2O. The van der Waals surface area contributed by atoms with E-state index in [9.17, 15) is 13.6 Å². The first-order chi connectivity index (χ1) is 11.0. The van der Waals surface area contributed by atoms with Crippen molar-refractivity contribution in [3.8, 4) is 0 Å². The van der Waals surface area contributed by atoms with Gasteiger partial charge in [-0.1, -0.05) is 36.4 Å². The van der Waals surface area contributed by atoms with Gasteiger partial charge in [0.2, 0.25) is 5.91 Å². The van der Waals surface area contributed by atoms with Gasteiger partial charge in [0.1, 0.15) is 11.6 Å². The van der Waals surface area contributed by atoms with Crippen molar-refractivity contribution in [3.05, 3.63) is 71.3 Å². The zero-order valence-corrected chi connectivity index (χ0v) is 13.1. The van der Waals surface area contributed by atoms with Gasteiger partial charge in [0, 0.05) is 17.7 Å². The number of nitrogens with one attached hydrogen (secondary N) is 2. The summed E-state index contributed by atoms with van der Waals surface area (Å²) in [5.41, 5.74) is 1.34. The molecule has 2 N–H and O–H groups in total. The molecule has 0 aromatic heterocycles. The summed E-state index contributed by atoms with van der Waals surface area (Å²) in [5.74, 6) is -1.42. The Morgan fingerprint density at radius 2 is 1.74 bits per heavy atom. The van der Waals surface area contributed by atoms with Crippen LogP contribution in [-0.2, 0) is 4.79 Å². The molecule has 0 spiro atoms. The highest BCUT2D eigenvalue weighted by Gasteiger charge is 2.14. The summed E-state index contributed by atoms with van der Waals surface area (Å²) in [5, 5.41) is 5.81. The van der Waals surface area contributed by atoms with E-state index in [1.54, 1.807) is 6.92 Å². The zero-order valence-electron chi connectivity index (χ0n) is 13.1. The maximum absolute atomic E-state index is 13.7. The van der Waals surface area contributed by atoms with Crippen molar-refractivity contribution >= 4 is 5.91 Å². The van der Waals surface area contributed by atoms with Crippen molar-refractivity contribution < 1.29 is 13.6 Å². The molecule has 2 aromatic carbocycles. The van der Waals surface area contributed by atoms with E-state index < -0.39 is 17.7 Å². The SMILES string of the molecule is C[C@@H](NC(=O)CN[C@H](C)c1ccc(F)cc1F)c1ccccc1. The second-order valence-electron chi connectivity index (χ2n) is 5.47. The fraction of sp³-hybridized carbons (Fsp3) is 0.278. The Hall–Kier alpha value is -2.27. The molecule has 3 nitrogen and oxygen atoms in total. The van der Waals surface area contributed by atoms with Crippen LogP contribution in [0.3, 0.4) is 0 Å². The summed E-state index contributed by atoms with van der Waals surface area (Å²) >= 11 is 0. The van der Waals surface area contributed by atoms with Crippen LogP contribution in [0.25, 0.3) is 0 Å². The quantitative estimate of drug-likeness (QED) is 0.856. The lowest BCUT2D eigenvalue weighted by Gasteiger charge is -2.17. The van der Waals surface area contributed by atoms with E-state index in [1.165, 1.54) is 12.1 Å². The van der Waals surface area contributed by atoms with E-state index in [4.69, 9.17) is 0 Å². The molecule has 0 radical (unpaired) electrons. The van der Waals surface area contributed by atoms with Crippen molar-refractivity contribution in [2.24, 2.45) is 0 Å². The molecule has 0 aliphatic heterocycles. The van der Waals surface area contributed by atoms with Crippen molar-refractivity contribution in [3.63, 3.8) is 0 Å². The molecular weight excluding hydrogens is 298 g/mol. The van der Waals surface area contributed by atoms with Gasteiger partial charge in [-0.15, -0.1) is 0 Å². The molecule has 0 saturated heterocycles. The molecule has 2 aromatic rings. The second-order valence-corrected chi connectivity index (χ2v) is 5.47. The van der Waals surface area contributed by atoms with Crippen molar-refractivity contribution in [2.75, 3.05) is 6.54 Å². The van der Waals surface area contributed by atoms with E-state index in [0.29, 0.717) is 5.56 Å². The Morgan fingerprint density at radius 3 is 2.39 bits per heavy atom. The summed E-state index contributed by atoms with van der Waals surface area (Å²) in [7, 11) is 0. The third-order valence-corrected chi connectivity index (χ3v) is 3.67. The number of rotatable bonds is 6. The number of benzene rings is 2. The minimum absolute atomic E-state index is 0.0508. The number of hydrogen-bond donors (Lipinski definition) is 2. The molecule has 0 unspecified atom stereocenters. The number of carbonyl (C=O) groups excluding carboxylic acids is 1. The topological polar surface area (TPSA) is 41.1 Å². The molecule has 23 heavy (non-hydrogen) atoms. The molecule has 1 amide bonds. The Labute approximate surface area is 134 Å². The second kappa shape index (κ2) is 7.83. The number of hydrogen-bond acceptors (Lipinski definition) is 2. The summed E-state index contributed by atoms with van der Waals surface area (Å²) in [6, 6.07) is 12.5. The van der Waals surface area contributed by atoms with Crippen LogP contribution >= 0.6 is 0 Å². The molecule has 0 fully saturated rings. The molecule has 0 bridgehead atoms. The number of amides is 1. The van der Waals surface area contributed by atoms with Crippen LogP contribution in [0.1, 0.15) is 37.1 Å². The first kappa shape index (κ1) is 17.1. The predicted molar refractivity (Wildman–Crippen MR) is 85.8 cm³/mol. The van der Waals surface area contributed by atoms with Crippen LogP contribution in [0.4, 0.5) is 8.78 Å².